The molecule has 0 bridgehead atoms. The van der Waals surface area contributed by atoms with Gasteiger partial charge in [-0.3, -0.25) is 9.78 Å². The average Bonchev–Trinajstić information content (AvgIpc) is 2.37. The van der Waals surface area contributed by atoms with Crippen LogP contribution in [0.2, 0.25) is 5.02 Å². The van der Waals surface area contributed by atoms with E-state index in [1.807, 2.05) is 0 Å². The molecule has 2 aromatic rings. The second kappa shape index (κ2) is 5.67. The van der Waals surface area contributed by atoms with Crippen LogP contribution in [-0.4, -0.2) is 17.9 Å². The van der Waals surface area contributed by atoms with Crippen molar-refractivity contribution >= 4 is 39.1 Å². The van der Waals surface area contributed by atoms with Gasteiger partial charge < -0.3 is 4.90 Å². The quantitative estimate of drug-likeness (QED) is 0.828. The third kappa shape index (κ3) is 3.11. The lowest BCUT2D eigenvalue weighted by atomic mass is 10.2. The third-order valence-electron chi connectivity index (χ3n) is 2.53. The summed E-state index contributed by atoms with van der Waals surface area (Å²) in [6.45, 7) is 0. The van der Waals surface area contributed by atoms with Crippen LogP contribution in [0.5, 0.6) is 0 Å². The molecule has 98 valence electrons. The minimum Gasteiger partial charge on any atom is -0.310 e. The Hall–Kier alpha value is -1.46. The molecule has 0 radical (unpaired) electrons. The monoisotopic (exact) mass is 342 g/mol. The predicted molar refractivity (Wildman–Crippen MR) is 76.1 cm³/mol. The molecule has 0 aliphatic carbocycles. The first kappa shape index (κ1) is 14.0. The van der Waals surface area contributed by atoms with Crippen LogP contribution >= 0.6 is 27.5 Å². The Morgan fingerprint density at radius 2 is 2.11 bits per heavy atom. The molecule has 0 spiro atoms. The van der Waals surface area contributed by atoms with Crippen LogP contribution in [0.1, 0.15) is 10.4 Å². The maximum atomic E-state index is 13.1. The number of pyridine rings is 1. The van der Waals surface area contributed by atoms with E-state index in [1.54, 1.807) is 25.2 Å². The number of halogens is 3. The standard InChI is InChI=1S/C13H9BrClFN2O/c1-18(12-3-2-9(14)5-11(12)15)13(19)8-4-10(16)7-17-6-8/h2-7H,1H3. The first-order chi connectivity index (χ1) is 8.99. The van der Waals surface area contributed by atoms with Gasteiger partial charge >= 0.3 is 0 Å². The highest BCUT2D eigenvalue weighted by Gasteiger charge is 2.16. The summed E-state index contributed by atoms with van der Waals surface area (Å²) in [5.74, 6) is -0.933. The minimum absolute atomic E-state index is 0.168. The normalized spacial score (nSPS) is 10.3. The van der Waals surface area contributed by atoms with Gasteiger partial charge in [-0.05, 0) is 24.3 Å². The number of hydrogen-bond acceptors (Lipinski definition) is 2. The maximum Gasteiger partial charge on any atom is 0.259 e. The zero-order chi connectivity index (χ0) is 14.0. The molecule has 19 heavy (non-hydrogen) atoms. The lowest BCUT2D eigenvalue weighted by Gasteiger charge is -2.18. The van der Waals surface area contributed by atoms with Gasteiger partial charge in [0, 0.05) is 17.7 Å². The fourth-order valence-electron chi connectivity index (χ4n) is 1.59. The fourth-order valence-corrected chi connectivity index (χ4v) is 2.39. The van der Waals surface area contributed by atoms with Crippen LogP contribution in [0.4, 0.5) is 10.1 Å². The van der Waals surface area contributed by atoms with Crippen molar-refractivity contribution in [3.63, 3.8) is 0 Å². The molecule has 1 heterocycles. The Kier molecular flexibility index (Phi) is 4.17. The third-order valence-corrected chi connectivity index (χ3v) is 3.32. The molecule has 6 heteroatoms. The summed E-state index contributed by atoms with van der Waals surface area (Å²) in [4.78, 5) is 17.2. The molecule has 1 amide bonds. The molecule has 0 saturated carbocycles. The van der Waals surface area contributed by atoms with Crippen LogP contribution in [0.15, 0.2) is 41.1 Å². The molecule has 0 unspecified atom stereocenters. The molecule has 2 rings (SSSR count). The van der Waals surface area contributed by atoms with Gasteiger partial charge in [-0.15, -0.1) is 0 Å². The molecule has 0 fully saturated rings. The summed E-state index contributed by atoms with van der Waals surface area (Å²) < 4.78 is 13.9. The highest BCUT2D eigenvalue weighted by Crippen LogP contribution is 2.29. The molecular formula is C13H9BrClFN2O. The van der Waals surface area contributed by atoms with Gasteiger partial charge in [0.1, 0.15) is 5.82 Å². The van der Waals surface area contributed by atoms with Gasteiger partial charge in [0.05, 0.1) is 22.5 Å². The highest BCUT2D eigenvalue weighted by atomic mass is 79.9. The van der Waals surface area contributed by atoms with Gasteiger partial charge in [0.2, 0.25) is 0 Å². The van der Waals surface area contributed by atoms with Crippen molar-refractivity contribution in [1.29, 1.82) is 0 Å². The molecular weight excluding hydrogens is 335 g/mol. The predicted octanol–water partition coefficient (Wildman–Crippen LogP) is 3.91. The zero-order valence-electron chi connectivity index (χ0n) is 9.90. The number of rotatable bonds is 2. The molecule has 0 aliphatic rings. The Bertz CT molecular complexity index is 636. The van der Waals surface area contributed by atoms with Crippen LogP contribution in [0.3, 0.4) is 0 Å². The van der Waals surface area contributed by atoms with Crippen LogP contribution in [0, 0.1) is 5.82 Å². The van der Waals surface area contributed by atoms with Crippen LogP contribution < -0.4 is 4.90 Å². The van der Waals surface area contributed by atoms with Gasteiger partial charge in [0.15, 0.2) is 0 Å². The van der Waals surface area contributed by atoms with E-state index < -0.39 is 5.82 Å². The van der Waals surface area contributed by atoms with Crippen molar-refractivity contribution in [3.05, 3.63) is 57.5 Å². The van der Waals surface area contributed by atoms with E-state index in [0.717, 1.165) is 16.7 Å². The number of amides is 1. The van der Waals surface area contributed by atoms with Crippen molar-refractivity contribution in [2.75, 3.05) is 11.9 Å². The number of nitrogens with zero attached hydrogens (tertiary/aromatic N) is 2. The van der Waals surface area contributed by atoms with Crippen molar-refractivity contribution in [2.24, 2.45) is 0 Å². The largest absolute Gasteiger partial charge is 0.310 e. The van der Waals surface area contributed by atoms with E-state index in [9.17, 15) is 9.18 Å². The highest BCUT2D eigenvalue weighted by molar-refractivity contribution is 9.10. The Labute approximate surface area is 123 Å². The summed E-state index contributed by atoms with van der Waals surface area (Å²) in [5.41, 5.74) is 0.709. The first-order valence-electron chi connectivity index (χ1n) is 5.32. The van der Waals surface area contributed by atoms with E-state index in [-0.39, 0.29) is 11.5 Å². The molecule has 0 saturated heterocycles. The smallest absolute Gasteiger partial charge is 0.259 e. The summed E-state index contributed by atoms with van der Waals surface area (Å²) in [7, 11) is 1.57. The van der Waals surface area contributed by atoms with Gasteiger partial charge in [-0.25, -0.2) is 4.39 Å². The molecule has 3 nitrogen and oxygen atoms in total. The number of aromatic nitrogens is 1. The minimum atomic E-state index is -0.554. The Morgan fingerprint density at radius 3 is 2.74 bits per heavy atom. The first-order valence-corrected chi connectivity index (χ1v) is 6.50. The lowest BCUT2D eigenvalue weighted by molar-refractivity contribution is 0.0992. The number of anilines is 1. The second-order valence-corrected chi connectivity index (χ2v) is 5.17. The maximum absolute atomic E-state index is 13.1. The number of carbonyl (C=O) groups excluding carboxylic acids is 1. The number of benzene rings is 1. The molecule has 1 aromatic carbocycles. The van der Waals surface area contributed by atoms with E-state index in [1.165, 1.54) is 11.1 Å². The summed E-state index contributed by atoms with van der Waals surface area (Å²) in [6.07, 6.45) is 2.36. The summed E-state index contributed by atoms with van der Waals surface area (Å²) in [6, 6.07) is 6.30. The summed E-state index contributed by atoms with van der Waals surface area (Å²) >= 11 is 9.36. The molecule has 0 atom stereocenters. The SMILES string of the molecule is CN(C(=O)c1cncc(F)c1)c1ccc(Br)cc1Cl. The average molecular weight is 344 g/mol. The fraction of sp³-hybridized carbons (Fsp3) is 0.0769. The zero-order valence-corrected chi connectivity index (χ0v) is 12.2. The number of hydrogen-bond donors (Lipinski definition) is 0. The van der Waals surface area contributed by atoms with E-state index >= 15 is 0 Å². The van der Waals surface area contributed by atoms with Crippen LogP contribution in [0.25, 0.3) is 0 Å². The van der Waals surface area contributed by atoms with Crippen LogP contribution in [-0.2, 0) is 0 Å². The topological polar surface area (TPSA) is 33.2 Å². The molecule has 0 aliphatic heterocycles. The Balaban J connectivity index is 2.33. The lowest BCUT2D eigenvalue weighted by Crippen LogP contribution is -2.26. The Morgan fingerprint density at radius 1 is 1.37 bits per heavy atom. The van der Waals surface area contributed by atoms with Crippen molar-refractivity contribution in [2.45, 2.75) is 0 Å². The van der Waals surface area contributed by atoms with Gasteiger partial charge in [-0.2, -0.15) is 0 Å². The molecule has 0 N–H and O–H groups in total. The van der Waals surface area contributed by atoms with E-state index in [4.69, 9.17) is 11.6 Å². The van der Waals surface area contributed by atoms with Gasteiger partial charge in [-0.1, -0.05) is 27.5 Å². The van der Waals surface area contributed by atoms with Crippen molar-refractivity contribution in [1.82, 2.24) is 4.98 Å². The molecule has 1 aromatic heterocycles. The second-order valence-electron chi connectivity index (χ2n) is 3.85. The summed E-state index contributed by atoms with van der Waals surface area (Å²) in [5, 5.41) is 0.426. The number of carbonyl (C=O) groups is 1. The van der Waals surface area contributed by atoms with E-state index in [0.29, 0.717) is 10.7 Å². The van der Waals surface area contributed by atoms with Crippen molar-refractivity contribution in [3.8, 4) is 0 Å². The van der Waals surface area contributed by atoms with Crippen molar-refractivity contribution < 1.29 is 9.18 Å². The van der Waals surface area contributed by atoms with E-state index in [2.05, 4.69) is 20.9 Å². The van der Waals surface area contributed by atoms with Gasteiger partial charge in [0.25, 0.3) is 5.91 Å².